The summed E-state index contributed by atoms with van der Waals surface area (Å²) < 4.78 is 34.2. The van der Waals surface area contributed by atoms with Crippen LogP contribution in [0.4, 0.5) is 0 Å². The number of pyridine rings is 1. The van der Waals surface area contributed by atoms with Gasteiger partial charge in [-0.3, -0.25) is 14.5 Å². The van der Waals surface area contributed by atoms with Gasteiger partial charge in [0.05, 0.1) is 19.8 Å². The zero-order valence-corrected chi connectivity index (χ0v) is 22.3. The van der Waals surface area contributed by atoms with Crippen LogP contribution in [0.5, 0.6) is 0 Å². The molecule has 0 aliphatic carbocycles. The van der Waals surface area contributed by atoms with E-state index in [-0.39, 0.29) is 33.8 Å². The van der Waals surface area contributed by atoms with Crippen LogP contribution in [0.25, 0.3) is 10.2 Å². The van der Waals surface area contributed by atoms with Crippen molar-refractivity contribution in [1.29, 1.82) is 0 Å². The van der Waals surface area contributed by atoms with Gasteiger partial charge in [0.1, 0.15) is 20.2 Å². The van der Waals surface area contributed by atoms with Crippen LogP contribution in [0.3, 0.4) is 0 Å². The smallest absolute Gasteiger partial charge is 0.250 e. The molecule has 2 amide bonds. The Morgan fingerprint density at radius 2 is 1.94 bits per heavy atom. The Labute approximate surface area is 219 Å². The number of likely N-dealkylation sites (tertiary alicyclic amines) is 2. The first-order valence-corrected chi connectivity index (χ1v) is 14.9. The number of amides is 2. The highest BCUT2D eigenvalue weighted by Crippen LogP contribution is 2.29. The molecule has 2 aromatic rings. The summed E-state index contributed by atoms with van der Waals surface area (Å²) >= 11 is 6.93. The van der Waals surface area contributed by atoms with Gasteiger partial charge in [-0.1, -0.05) is 11.6 Å². The number of hydrogen-bond donors (Lipinski definition) is 1. The number of fused-ring (bicyclic) bond motifs is 1. The number of hydrogen-bond acceptors (Lipinski definition) is 8. The number of ether oxygens (including phenoxy) is 1. The summed E-state index contributed by atoms with van der Waals surface area (Å²) in [4.78, 5) is 36.8. The third-order valence-electron chi connectivity index (χ3n) is 7.02. The van der Waals surface area contributed by atoms with Crippen molar-refractivity contribution in [2.45, 2.75) is 42.0 Å². The lowest BCUT2D eigenvalue weighted by molar-refractivity contribution is -0.143. The Morgan fingerprint density at radius 3 is 2.75 bits per heavy atom. The maximum atomic E-state index is 13.2. The normalized spacial score (nSPS) is 24.1. The van der Waals surface area contributed by atoms with Crippen LogP contribution in [-0.4, -0.2) is 104 Å². The topological polar surface area (TPSA) is 112 Å². The molecule has 36 heavy (non-hydrogen) atoms. The second-order valence-corrected chi connectivity index (χ2v) is 12.8. The molecule has 3 aliphatic rings. The first-order valence-electron chi connectivity index (χ1n) is 12.3. The molecule has 3 fully saturated rings. The highest BCUT2D eigenvalue weighted by Gasteiger charge is 2.36. The molecule has 0 radical (unpaired) electrons. The van der Waals surface area contributed by atoms with Crippen molar-refractivity contribution in [1.82, 2.24) is 24.4 Å². The van der Waals surface area contributed by atoms with Crippen LogP contribution in [0.15, 0.2) is 22.4 Å². The van der Waals surface area contributed by atoms with Gasteiger partial charge in [-0.2, -0.15) is 4.72 Å². The molecule has 1 N–H and O–H groups in total. The number of thiophene rings is 1. The van der Waals surface area contributed by atoms with Gasteiger partial charge in [-0.05, 0) is 43.9 Å². The fraction of sp³-hybridized carbons (Fsp3) is 0.609. The number of carbonyl (C=O) groups excluding carboxylic acids is 2. The molecule has 0 saturated carbocycles. The molecule has 10 nitrogen and oxygen atoms in total. The van der Waals surface area contributed by atoms with Crippen LogP contribution >= 0.6 is 22.9 Å². The fourth-order valence-electron chi connectivity index (χ4n) is 5.15. The average molecular weight is 556 g/mol. The summed E-state index contributed by atoms with van der Waals surface area (Å²) in [5.41, 5.74) is 0. The second kappa shape index (κ2) is 10.9. The standard InChI is InChI=1S/C23H30ClN5O5S2/c24-19-6-5-16-13-21(35-22(16)25-19)36(32,33)26-18-4-2-7-28(23(18)31)15-20(30)29-8-1-3-17(29)14-27-9-11-34-12-10-27/h5-6,13,17-18,26H,1-4,7-12,14-15H2/t17-,18-/m0/s1. The van der Waals surface area contributed by atoms with E-state index in [9.17, 15) is 18.0 Å². The van der Waals surface area contributed by atoms with Crippen LogP contribution in [0.1, 0.15) is 25.7 Å². The van der Waals surface area contributed by atoms with Crippen molar-refractivity contribution in [3.63, 3.8) is 0 Å². The highest BCUT2D eigenvalue weighted by molar-refractivity contribution is 7.91. The largest absolute Gasteiger partial charge is 0.379 e. The molecule has 13 heteroatoms. The van der Waals surface area contributed by atoms with E-state index < -0.39 is 16.1 Å². The third-order valence-corrected chi connectivity index (χ3v) is 10.2. The number of aromatic nitrogens is 1. The lowest BCUT2D eigenvalue weighted by Crippen LogP contribution is -2.55. The summed E-state index contributed by atoms with van der Waals surface area (Å²) in [6, 6.07) is 4.08. The van der Waals surface area contributed by atoms with Gasteiger partial charge in [0.25, 0.3) is 10.0 Å². The number of carbonyl (C=O) groups is 2. The Balaban J connectivity index is 1.21. The average Bonchev–Trinajstić information content (AvgIpc) is 3.49. The summed E-state index contributed by atoms with van der Waals surface area (Å²) in [5, 5.41) is 0.957. The molecule has 3 aliphatic heterocycles. The van der Waals surface area contributed by atoms with E-state index in [1.54, 1.807) is 12.1 Å². The van der Waals surface area contributed by atoms with Gasteiger partial charge in [-0.15, -0.1) is 11.3 Å². The molecule has 0 unspecified atom stereocenters. The molecule has 5 rings (SSSR count). The SMILES string of the molecule is O=C1[C@@H](NS(=O)(=O)c2cc3ccc(Cl)nc3s2)CCCN1CC(=O)N1CCC[C@H]1CN1CCOCC1. The van der Waals surface area contributed by atoms with Gasteiger partial charge in [-0.25, -0.2) is 13.4 Å². The maximum absolute atomic E-state index is 13.2. The van der Waals surface area contributed by atoms with Gasteiger partial charge in [0.2, 0.25) is 11.8 Å². The van der Waals surface area contributed by atoms with Crippen molar-refractivity contribution in [3.05, 3.63) is 23.4 Å². The monoisotopic (exact) mass is 555 g/mol. The lowest BCUT2D eigenvalue weighted by Gasteiger charge is -2.35. The van der Waals surface area contributed by atoms with Crippen molar-refractivity contribution >= 4 is 55.0 Å². The van der Waals surface area contributed by atoms with Crippen LogP contribution in [0.2, 0.25) is 5.15 Å². The van der Waals surface area contributed by atoms with E-state index in [1.165, 1.54) is 11.0 Å². The minimum Gasteiger partial charge on any atom is -0.379 e. The van der Waals surface area contributed by atoms with E-state index in [0.29, 0.717) is 49.4 Å². The summed E-state index contributed by atoms with van der Waals surface area (Å²) in [5.74, 6) is -0.431. The maximum Gasteiger partial charge on any atom is 0.250 e. The number of nitrogens with zero attached hydrogens (tertiary/aromatic N) is 4. The third kappa shape index (κ3) is 5.68. The second-order valence-electron chi connectivity index (χ2n) is 9.47. The molecule has 196 valence electrons. The van der Waals surface area contributed by atoms with Gasteiger partial charge < -0.3 is 14.5 Å². The Bertz CT molecular complexity index is 1230. The first-order chi connectivity index (χ1) is 17.3. The number of sulfonamides is 1. The van der Waals surface area contributed by atoms with Crippen molar-refractivity contribution in [2.75, 3.05) is 52.5 Å². The van der Waals surface area contributed by atoms with Gasteiger partial charge in [0, 0.05) is 44.2 Å². The van der Waals surface area contributed by atoms with Crippen LogP contribution in [-0.2, 0) is 24.3 Å². The van der Waals surface area contributed by atoms with E-state index in [1.807, 2.05) is 4.90 Å². The molecule has 3 saturated heterocycles. The number of nitrogens with one attached hydrogen (secondary N) is 1. The summed E-state index contributed by atoms with van der Waals surface area (Å²) in [6.45, 7) is 5.09. The molecular weight excluding hydrogens is 526 g/mol. The number of piperidine rings is 1. The minimum absolute atomic E-state index is 0.0258. The van der Waals surface area contributed by atoms with Crippen LogP contribution in [0, 0.1) is 0 Å². The number of halogens is 1. The Hall–Kier alpha value is -1.83. The zero-order valence-electron chi connectivity index (χ0n) is 19.9. The molecule has 5 heterocycles. The quantitative estimate of drug-likeness (QED) is 0.516. The van der Waals surface area contributed by atoms with Crippen LogP contribution < -0.4 is 4.72 Å². The predicted molar refractivity (Wildman–Crippen MR) is 137 cm³/mol. The van der Waals surface area contributed by atoms with E-state index >= 15 is 0 Å². The first kappa shape index (κ1) is 25.8. The van der Waals surface area contributed by atoms with E-state index in [4.69, 9.17) is 16.3 Å². The Kier molecular flexibility index (Phi) is 7.80. The Morgan fingerprint density at radius 1 is 1.17 bits per heavy atom. The van der Waals surface area contributed by atoms with E-state index in [2.05, 4.69) is 14.6 Å². The zero-order chi connectivity index (χ0) is 25.3. The molecule has 2 aromatic heterocycles. The van der Waals surface area contributed by atoms with Crippen molar-refractivity contribution in [3.8, 4) is 0 Å². The molecule has 0 aromatic carbocycles. The van der Waals surface area contributed by atoms with E-state index in [0.717, 1.165) is 43.8 Å². The molecule has 2 atom stereocenters. The number of rotatable bonds is 7. The van der Waals surface area contributed by atoms with Crippen molar-refractivity contribution in [2.24, 2.45) is 0 Å². The summed E-state index contributed by atoms with van der Waals surface area (Å²) in [6.07, 6.45) is 2.91. The number of morpholine rings is 1. The predicted octanol–water partition coefficient (Wildman–Crippen LogP) is 1.54. The highest BCUT2D eigenvalue weighted by atomic mass is 35.5. The van der Waals surface area contributed by atoms with Crippen molar-refractivity contribution < 1.29 is 22.7 Å². The minimum atomic E-state index is -3.93. The molecule has 0 spiro atoms. The van der Waals surface area contributed by atoms with Gasteiger partial charge in [0.15, 0.2) is 0 Å². The fourth-order valence-corrected chi connectivity index (χ4v) is 7.92. The van der Waals surface area contributed by atoms with Gasteiger partial charge >= 0.3 is 0 Å². The summed E-state index contributed by atoms with van der Waals surface area (Å²) in [7, 11) is -3.93. The molecular formula is C23H30ClN5O5S2. The lowest BCUT2D eigenvalue weighted by atomic mass is 10.1. The molecule has 0 bridgehead atoms.